The second-order valence-electron chi connectivity index (χ2n) is 2.85. The van der Waals surface area contributed by atoms with E-state index < -0.39 is 5.82 Å². The van der Waals surface area contributed by atoms with Gasteiger partial charge in [-0.2, -0.15) is 0 Å². The Morgan fingerprint density at radius 2 is 1.67 bits per heavy atom. The molecule has 0 saturated carbocycles. The Balaban J connectivity index is 2.15. The largest absolute Gasteiger partial charge is 0.424 e. The molecule has 0 amide bonds. The van der Waals surface area contributed by atoms with Crippen LogP contribution in [0.15, 0.2) is 36.7 Å². The first-order chi connectivity index (χ1) is 7.24. The van der Waals surface area contributed by atoms with Crippen molar-refractivity contribution in [3.8, 4) is 11.8 Å². The highest BCUT2D eigenvalue weighted by Crippen LogP contribution is 2.18. The summed E-state index contributed by atoms with van der Waals surface area (Å²) < 4.78 is 17.7. The summed E-state index contributed by atoms with van der Waals surface area (Å²) in [4.78, 5) is 7.31. The average molecular weight is 205 g/mol. The normalized spacial score (nSPS) is 9.93. The summed E-state index contributed by atoms with van der Waals surface area (Å²) in [6, 6.07) is 6.85. The Morgan fingerprint density at radius 3 is 2.27 bits per heavy atom. The summed E-state index contributed by atoms with van der Waals surface area (Å²) in [7, 11) is 0. The van der Waals surface area contributed by atoms with Crippen molar-refractivity contribution in [2.45, 2.75) is 0 Å². The van der Waals surface area contributed by atoms with Gasteiger partial charge in [0.1, 0.15) is 5.75 Å². The molecular weight excluding hydrogens is 197 g/mol. The summed E-state index contributed by atoms with van der Waals surface area (Å²) in [6.45, 7) is 0. The fourth-order valence-electron chi connectivity index (χ4n) is 0.994. The molecule has 0 bridgehead atoms. The summed E-state index contributed by atoms with van der Waals surface area (Å²) in [6.07, 6.45) is 2.08. The van der Waals surface area contributed by atoms with Gasteiger partial charge in [-0.1, -0.05) is 0 Å². The highest BCUT2D eigenvalue weighted by atomic mass is 19.1. The predicted molar refractivity (Wildman–Crippen MR) is 52.9 cm³/mol. The van der Waals surface area contributed by atoms with Gasteiger partial charge in [-0.25, -0.2) is 14.4 Å². The van der Waals surface area contributed by atoms with E-state index in [4.69, 9.17) is 10.5 Å². The third-order valence-electron chi connectivity index (χ3n) is 1.69. The van der Waals surface area contributed by atoms with E-state index in [2.05, 4.69) is 9.97 Å². The van der Waals surface area contributed by atoms with Crippen LogP contribution in [-0.2, 0) is 0 Å². The van der Waals surface area contributed by atoms with Crippen molar-refractivity contribution >= 4 is 5.69 Å². The second-order valence-corrected chi connectivity index (χ2v) is 2.85. The number of ether oxygens (including phenoxy) is 1. The van der Waals surface area contributed by atoms with Gasteiger partial charge in [0.15, 0.2) is 5.82 Å². The fourth-order valence-corrected chi connectivity index (χ4v) is 0.994. The van der Waals surface area contributed by atoms with Gasteiger partial charge in [0.25, 0.3) is 0 Å². The van der Waals surface area contributed by atoms with E-state index in [1.54, 1.807) is 24.3 Å². The number of hydrogen-bond acceptors (Lipinski definition) is 4. The monoisotopic (exact) mass is 205 g/mol. The van der Waals surface area contributed by atoms with Gasteiger partial charge >= 0.3 is 6.01 Å². The molecule has 76 valence electrons. The number of hydrogen-bond donors (Lipinski definition) is 1. The molecule has 2 N–H and O–H groups in total. The Bertz CT molecular complexity index is 398. The SMILES string of the molecule is Nc1ccc(Oc2ncc(F)cn2)cc1. The molecule has 4 nitrogen and oxygen atoms in total. The van der Waals surface area contributed by atoms with E-state index in [0.717, 1.165) is 12.4 Å². The minimum absolute atomic E-state index is 0.0983. The lowest BCUT2D eigenvalue weighted by molar-refractivity contribution is 0.436. The maximum atomic E-state index is 12.5. The van der Waals surface area contributed by atoms with E-state index in [-0.39, 0.29) is 6.01 Å². The third-order valence-corrected chi connectivity index (χ3v) is 1.69. The van der Waals surface area contributed by atoms with Gasteiger partial charge in [0, 0.05) is 5.69 Å². The molecule has 0 spiro atoms. The van der Waals surface area contributed by atoms with E-state index in [1.165, 1.54) is 0 Å². The molecule has 0 saturated heterocycles. The smallest absolute Gasteiger partial charge is 0.322 e. The van der Waals surface area contributed by atoms with Gasteiger partial charge in [-0.05, 0) is 24.3 Å². The predicted octanol–water partition coefficient (Wildman–Crippen LogP) is 1.99. The molecule has 0 radical (unpaired) electrons. The number of rotatable bonds is 2. The minimum Gasteiger partial charge on any atom is -0.424 e. The highest BCUT2D eigenvalue weighted by molar-refractivity contribution is 5.42. The zero-order chi connectivity index (χ0) is 10.7. The van der Waals surface area contributed by atoms with Crippen molar-refractivity contribution in [2.24, 2.45) is 0 Å². The quantitative estimate of drug-likeness (QED) is 0.761. The van der Waals surface area contributed by atoms with Crippen LogP contribution in [0.5, 0.6) is 11.8 Å². The van der Waals surface area contributed by atoms with Crippen molar-refractivity contribution in [3.05, 3.63) is 42.5 Å². The van der Waals surface area contributed by atoms with Crippen molar-refractivity contribution in [3.63, 3.8) is 0 Å². The standard InChI is InChI=1S/C10H8FN3O/c11-7-5-13-10(14-6-7)15-9-3-1-8(12)2-4-9/h1-6H,12H2. The molecule has 1 aromatic carbocycles. The number of nitrogens with two attached hydrogens (primary N) is 1. The maximum absolute atomic E-state index is 12.5. The van der Waals surface area contributed by atoms with Gasteiger partial charge in [-0.3, -0.25) is 0 Å². The maximum Gasteiger partial charge on any atom is 0.322 e. The average Bonchev–Trinajstić information content (AvgIpc) is 2.25. The van der Waals surface area contributed by atoms with Crippen LogP contribution in [0, 0.1) is 5.82 Å². The van der Waals surface area contributed by atoms with Crippen LogP contribution < -0.4 is 10.5 Å². The lowest BCUT2D eigenvalue weighted by atomic mass is 10.3. The van der Waals surface area contributed by atoms with Crippen LogP contribution in [0.2, 0.25) is 0 Å². The lowest BCUT2D eigenvalue weighted by Crippen LogP contribution is -1.92. The third kappa shape index (κ3) is 2.40. The Labute approximate surface area is 85.5 Å². The molecule has 0 aliphatic rings. The number of benzene rings is 1. The van der Waals surface area contributed by atoms with Crippen LogP contribution in [0.25, 0.3) is 0 Å². The molecule has 0 aliphatic carbocycles. The van der Waals surface area contributed by atoms with E-state index in [1.807, 2.05) is 0 Å². The number of nitrogens with zero attached hydrogens (tertiary/aromatic N) is 2. The van der Waals surface area contributed by atoms with Gasteiger partial charge in [0.2, 0.25) is 0 Å². The Hall–Kier alpha value is -2.17. The second kappa shape index (κ2) is 3.91. The first kappa shape index (κ1) is 9.39. The van der Waals surface area contributed by atoms with Gasteiger partial charge in [-0.15, -0.1) is 0 Å². The highest BCUT2D eigenvalue weighted by Gasteiger charge is 1.99. The molecule has 5 heteroatoms. The molecular formula is C10H8FN3O. The minimum atomic E-state index is -0.500. The van der Waals surface area contributed by atoms with Crippen LogP contribution in [0.1, 0.15) is 0 Å². The molecule has 2 aromatic rings. The first-order valence-electron chi connectivity index (χ1n) is 4.25. The van der Waals surface area contributed by atoms with E-state index in [9.17, 15) is 4.39 Å². The molecule has 0 fully saturated rings. The number of anilines is 1. The summed E-state index contributed by atoms with van der Waals surface area (Å²) >= 11 is 0. The molecule has 0 unspecified atom stereocenters. The van der Waals surface area contributed by atoms with E-state index in [0.29, 0.717) is 11.4 Å². The van der Waals surface area contributed by atoms with Crippen LogP contribution in [0.3, 0.4) is 0 Å². The van der Waals surface area contributed by atoms with Crippen LogP contribution >= 0.6 is 0 Å². The summed E-state index contributed by atoms with van der Waals surface area (Å²) in [5.41, 5.74) is 6.14. The topological polar surface area (TPSA) is 61.0 Å². The van der Waals surface area contributed by atoms with Crippen molar-refractivity contribution in [2.75, 3.05) is 5.73 Å². The lowest BCUT2D eigenvalue weighted by Gasteiger charge is -2.02. The van der Waals surface area contributed by atoms with Gasteiger partial charge < -0.3 is 10.5 Å². The molecule has 1 heterocycles. The van der Waals surface area contributed by atoms with Crippen molar-refractivity contribution in [1.82, 2.24) is 9.97 Å². The fraction of sp³-hybridized carbons (Fsp3) is 0. The Morgan fingerprint density at radius 1 is 1.07 bits per heavy atom. The van der Waals surface area contributed by atoms with Crippen LogP contribution in [0.4, 0.5) is 10.1 Å². The molecule has 0 aliphatic heterocycles. The number of nitrogen functional groups attached to an aromatic ring is 1. The van der Waals surface area contributed by atoms with Crippen molar-refractivity contribution in [1.29, 1.82) is 0 Å². The summed E-state index contributed by atoms with van der Waals surface area (Å²) in [5.74, 6) is 0.0514. The van der Waals surface area contributed by atoms with E-state index >= 15 is 0 Å². The number of halogens is 1. The van der Waals surface area contributed by atoms with Gasteiger partial charge in [0.05, 0.1) is 12.4 Å². The van der Waals surface area contributed by atoms with Crippen LogP contribution in [-0.4, -0.2) is 9.97 Å². The molecule has 0 atom stereocenters. The van der Waals surface area contributed by atoms with Crippen molar-refractivity contribution < 1.29 is 9.13 Å². The molecule has 2 rings (SSSR count). The molecule has 1 aromatic heterocycles. The summed E-state index contributed by atoms with van der Waals surface area (Å²) in [5, 5.41) is 0. The zero-order valence-corrected chi connectivity index (χ0v) is 7.72. The first-order valence-corrected chi connectivity index (χ1v) is 4.25. The molecule has 15 heavy (non-hydrogen) atoms. The Kier molecular flexibility index (Phi) is 2.45. The number of aromatic nitrogens is 2. The zero-order valence-electron chi connectivity index (χ0n) is 7.72.